The molecule has 1 aliphatic heterocycles. The smallest absolute Gasteiger partial charge is 0.377 e. The Hall–Kier alpha value is -1.80. The van der Waals surface area contributed by atoms with Crippen LogP contribution in [0.25, 0.3) is 0 Å². The van der Waals surface area contributed by atoms with E-state index in [9.17, 15) is 13.2 Å². The highest BCUT2D eigenvalue weighted by Crippen LogP contribution is 2.31. The van der Waals surface area contributed by atoms with Gasteiger partial charge in [-0.15, -0.1) is 0 Å². The Labute approximate surface area is 184 Å². The summed E-state index contributed by atoms with van der Waals surface area (Å²) in [4.78, 5) is 6.72. The van der Waals surface area contributed by atoms with Gasteiger partial charge in [0.1, 0.15) is 0 Å². The number of hydrogen-bond donors (Lipinski definition) is 2. The summed E-state index contributed by atoms with van der Waals surface area (Å²) in [5.74, 6) is 0.766. The Bertz CT molecular complexity index is 686. The standard InChI is InChI=1S/C23H37F3N4O/c1-17(2)31-15-14-30-12-9-21(10-13-30)29-22(27-4)28-11-8-18(3)19-6-5-7-20(16-19)23(24,25)26/h5-7,16-18,21H,8-15H2,1-4H3,(H2,27,28,29). The Kier molecular flexibility index (Phi) is 10.1. The Morgan fingerprint density at radius 2 is 1.94 bits per heavy atom. The number of nitrogens with zero attached hydrogens (tertiary/aromatic N) is 2. The normalized spacial score (nSPS) is 17.7. The number of hydrogen-bond acceptors (Lipinski definition) is 3. The highest BCUT2D eigenvalue weighted by Gasteiger charge is 2.30. The van der Waals surface area contributed by atoms with Crippen LogP contribution in [-0.2, 0) is 10.9 Å². The maximum atomic E-state index is 12.9. The van der Waals surface area contributed by atoms with Gasteiger partial charge in [-0.2, -0.15) is 13.2 Å². The van der Waals surface area contributed by atoms with Crippen LogP contribution in [0.2, 0.25) is 0 Å². The summed E-state index contributed by atoms with van der Waals surface area (Å²) >= 11 is 0. The molecule has 0 saturated carbocycles. The van der Waals surface area contributed by atoms with Crippen molar-refractivity contribution < 1.29 is 17.9 Å². The van der Waals surface area contributed by atoms with Crippen LogP contribution in [0.3, 0.4) is 0 Å². The van der Waals surface area contributed by atoms with E-state index in [0.717, 1.165) is 57.5 Å². The van der Waals surface area contributed by atoms with E-state index in [-0.39, 0.29) is 12.0 Å². The van der Waals surface area contributed by atoms with Crippen molar-refractivity contribution in [3.05, 3.63) is 35.4 Å². The summed E-state index contributed by atoms with van der Waals surface area (Å²) in [5, 5.41) is 6.78. The quantitative estimate of drug-likeness (QED) is 0.443. The zero-order chi connectivity index (χ0) is 22.9. The SMILES string of the molecule is CN=C(NCCC(C)c1cccc(C(F)(F)F)c1)NC1CCN(CCOC(C)C)CC1. The molecule has 0 amide bonds. The molecule has 176 valence electrons. The molecule has 1 unspecified atom stereocenters. The molecule has 1 heterocycles. The van der Waals surface area contributed by atoms with Gasteiger partial charge in [-0.05, 0) is 50.7 Å². The van der Waals surface area contributed by atoms with Crippen molar-refractivity contribution in [2.75, 3.05) is 39.8 Å². The fourth-order valence-corrected chi connectivity index (χ4v) is 3.70. The summed E-state index contributed by atoms with van der Waals surface area (Å²) in [6, 6.07) is 5.96. The summed E-state index contributed by atoms with van der Waals surface area (Å²) in [6.07, 6.45) is -1.23. The van der Waals surface area contributed by atoms with Crippen molar-refractivity contribution in [2.45, 2.75) is 64.3 Å². The summed E-state index contributed by atoms with van der Waals surface area (Å²) in [6.45, 7) is 10.5. The van der Waals surface area contributed by atoms with Crippen molar-refractivity contribution >= 4 is 5.96 Å². The lowest BCUT2D eigenvalue weighted by Gasteiger charge is -2.33. The first-order valence-corrected chi connectivity index (χ1v) is 11.2. The number of guanidine groups is 1. The van der Waals surface area contributed by atoms with Gasteiger partial charge in [0.25, 0.3) is 0 Å². The highest BCUT2D eigenvalue weighted by atomic mass is 19.4. The average Bonchev–Trinajstić information content (AvgIpc) is 2.73. The minimum Gasteiger partial charge on any atom is -0.377 e. The molecule has 5 nitrogen and oxygen atoms in total. The van der Waals surface area contributed by atoms with Crippen LogP contribution in [0.5, 0.6) is 0 Å². The largest absolute Gasteiger partial charge is 0.416 e. The molecule has 1 saturated heterocycles. The maximum Gasteiger partial charge on any atom is 0.416 e. The van der Waals surface area contributed by atoms with E-state index in [1.807, 2.05) is 6.92 Å². The average molecular weight is 443 g/mol. The first-order chi connectivity index (χ1) is 14.7. The molecule has 31 heavy (non-hydrogen) atoms. The third-order valence-corrected chi connectivity index (χ3v) is 5.66. The van der Waals surface area contributed by atoms with E-state index in [1.165, 1.54) is 12.1 Å². The fraction of sp³-hybridized carbons (Fsp3) is 0.696. The number of benzene rings is 1. The number of rotatable bonds is 9. The van der Waals surface area contributed by atoms with Crippen LogP contribution in [0, 0.1) is 0 Å². The molecule has 1 aliphatic rings. The van der Waals surface area contributed by atoms with Gasteiger partial charge < -0.3 is 20.3 Å². The van der Waals surface area contributed by atoms with E-state index >= 15 is 0 Å². The minimum atomic E-state index is -4.31. The lowest BCUT2D eigenvalue weighted by atomic mass is 9.96. The van der Waals surface area contributed by atoms with Gasteiger partial charge in [-0.3, -0.25) is 4.99 Å². The van der Waals surface area contributed by atoms with Gasteiger partial charge in [0.15, 0.2) is 5.96 Å². The molecule has 2 rings (SSSR count). The van der Waals surface area contributed by atoms with E-state index in [4.69, 9.17) is 4.74 Å². The van der Waals surface area contributed by atoms with Crippen LogP contribution in [0.15, 0.2) is 29.3 Å². The van der Waals surface area contributed by atoms with Crippen LogP contribution in [-0.4, -0.2) is 62.8 Å². The van der Waals surface area contributed by atoms with E-state index in [1.54, 1.807) is 13.1 Å². The van der Waals surface area contributed by atoms with Gasteiger partial charge in [-0.1, -0.05) is 25.1 Å². The first-order valence-electron chi connectivity index (χ1n) is 11.2. The highest BCUT2D eigenvalue weighted by molar-refractivity contribution is 5.79. The molecule has 1 aromatic rings. The molecule has 0 spiro atoms. The number of likely N-dealkylation sites (tertiary alicyclic amines) is 1. The second kappa shape index (κ2) is 12.3. The number of nitrogens with one attached hydrogen (secondary N) is 2. The summed E-state index contributed by atoms with van der Waals surface area (Å²) in [5.41, 5.74) is 0.109. The van der Waals surface area contributed by atoms with Crippen molar-refractivity contribution in [2.24, 2.45) is 4.99 Å². The van der Waals surface area contributed by atoms with Gasteiger partial charge in [0.05, 0.1) is 18.3 Å². The third kappa shape index (κ3) is 9.07. The Morgan fingerprint density at radius 1 is 1.23 bits per heavy atom. The number of halogens is 3. The van der Waals surface area contributed by atoms with E-state index in [0.29, 0.717) is 18.2 Å². The van der Waals surface area contributed by atoms with Crippen molar-refractivity contribution in [3.8, 4) is 0 Å². The Balaban J connectivity index is 1.71. The molecular formula is C23H37F3N4O. The molecule has 8 heteroatoms. The monoisotopic (exact) mass is 442 g/mol. The summed E-state index contributed by atoms with van der Waals surface area (Å²) in [7, 11) is 1.74. The number of alkyl halides is 3. The zero-order valence-electron chi connectivity index (χ0n) is 19.1. The lowest BCUT2D eigenvalue weighted by molar-refractivity contribution is -0.137. The van der Waals surface area contributed by atoms with Gasteiger partial charge in [0.2, 0.25) is 0 Å². The molecule has 0 bridgehead atoms. The lowest BCUT2D eigenvalue weighted by Crippen LogP contribution is -2.49. The molecule has 1 atom stereocenters. The topological polar surface area (TPSA) is 48.9 Å². The molecule has 0 aliphatic carbocycles. The second-order valence-corrected chi connectivity index (χ2v) is 8.49. The van der Waals surface area contributed by atoms with Crippen molar-refractivity contribution in [1.82, 2.24) is 15.5 Å². The molecule has 1 fully saturated rings. The van der Waals surface area contributed by atoms with Crippen LogP contribution in [0.1, 0.15) is 57.1 Å². The predicted molar refractivity (Wildman–Crippen MR) is 120 cm³/mol. The first kappa shape index (κ1) is 25.5. The second-order valence-electron chi connectivity index (χ2n) is 8.49. The third-order valence-electron chi connectivity index (χ3n) is 5.66. The molecule has 0 aromatic heterocycles. The van der Waals surface area contributed by atoms with E-state index in [2.05, 4.69) is 34.4 Å². The minimum absolute atomic E-state index is 0.0178. The van der Waals surface area contributed by atoms with Gasteiger partial charge in [-0.25, -0.2) is 0 Å². The predicted octanol–water partition coefficient (Wildman–Crippen LogP) is 4.25. The maximum absolute atomic E-state index is 12.9. The molecule has 0 radical (unpaired) electrons. The molecule has 1 aromatic carbocycles. The van der Waals surface area contributed by atoms with Crippen molar-refractivity contribution in [3.63, 3.8) is 0 Å². The van der Waals surface area contributed by atoms with Gasteiger partial charge >= 0.3 is 6.18 Å². The Morgan fingerprint density at radius 3 is 2.55 bits per heavy atom. The van der Waals surface area contributed by atoms with Crippen LogP contribution < -0.4 is 10.6 Å². The summed E-state index contributed by atoms with van der Waals surface area (Å²) < 4.78 is 44.4. The zero-order valence-corrected chi connectivity index (χ0v) is 19.1. The number of ether oxygens (including phenoxy) is 1. The number of aliphatic imine (C=N–C) groups is 1. The molecular weight excluding hydrogens is 405 g/mol. The fourth-order valence-electron chi connectivity index (χ4n) is 3.70. The van der Waals surface area contributed by atoms with Crippen LogP contribution >= 0.6 is 0 Å². The molecule has 2 N–H and O–H groups in total. The van der Waals surface area contributed by atoms with Gasteiger partial charge in [0, 0.05) is 39.3 Å². The van der Waals surface area contributed by atoms with Crippen LogP contribution in [0.4, 0.5) is 13.2 Å². The number of piperidine rings is 1. The van der Waals surface area contributed by atoms with E-state index < -0.39 is 11.7 Å². The van der Waals surface area contributed by atoms with Crippen molar-refractivity contribution in [1.29, 1.82) is 0 Å².